The maximum Gasteiger partial charge on any atom is 0.317 e. The highest BCUT2D eigenvalue weighted by Crippen LogP contribution is 2.21. The molecule has 15 heavy (non-hydrogen) atoms. The van der Waals surface area contributed by atoms with Crippen LogP contribution in [0.4, 0.5) is 4.79 Å². The van der Waals surface area contributed by atoms with Crippen LogP contribution in [0.15, 0.2) is 0 Å². The van der Waals surface area contributed by atoms with Crippen LogP contribution in [0.3, 0.4) is 0 Å². The van der Waals surface area contributed by atoms with Gasteiger partial charge >= 0.3 is 6.03 Å². The van der Waals surface area contributed by atoms with Gasteiger partial charge in [0.05, 0.1) is 5.60 Å². The summed E-state index contributed by atoms with van der Waals surface area (Å²) >= 11 is 0. The molecular formula is C11H22N2O2. The summed E-state index contributed by atoms with van der Waals surface area (Å²) in [6.07, 6.45) is 2.31. The summed E-state index contributed by atoms with van der Waals surface area (Å²) in [6.45, 7) is 7.13. The SMILES string of the molecule is CC(C)NC(=O)N1CCCC(C)(O)CC1. The molecule has 0 spiro atoms. The van der Waals surface area contributed by atoms with E-state index in [9.17, 15) is 9.90 Å². The zero-order valence-corrected chi connectivity index (χ0v) is 9.92. The lowest BCUT2D eigenvalue weighted by Crippen LogP contribution is -2.43. The number of hydrogen-bond donors (Lipinski definition) is 2. The molecule has 88 valence electrons. The van der Waals surface area contributed by atoms with Gasteiger partial charge in [0.1, 0.15) is 0 Å². The highest BCUT2D eigenvalue weighted by atomic mass is 16.3. The van der Waals surface area contributed by atoms with Gasteiger partial charge in [-0.25, -0.2) is 4.79 Å². The van der Waals surface area contributed by atoms with Gasteiger partial charge in [0.15, 0.2) is 0 Å². The van der Waals surface area contributed by atoms with E-state index in [2.05, 4.69) is 5.32 Å². The maximum atomic E-state index is 11.7. The Morgan fingerprint density at radius 2 is 2.07 bits per heavy atom. The molecule has 0 aromatic carbocycles. The topological polar surface area (TPSA) is 52.6 Å². The Hall–Kier alpha value is -0.770. The zero-order chi connectivity index (χ0) is 11.5. The van der Waals surface area contributed by atoms with E-state index in [0.29, 0.717) is 13.0 Å². The molecule has 4 nitrogen and oxygen atoms in total. The van der Waals surface area contributed by atoms with Crippen LogP contribution < -0.4 is 5.32 Å². The van der Waals surface area contributed by atoms with E-state index in [4.69, 9.17) is 0 Å². The van der Waals surface area contributed by atoms with Crippen LogP contribution in [0, 0.1) is 0 Å². The Bertz CT molecular complexity index is 227. The Kier molecular flexibility index (Phi) is 3.97. The van der Waals surface area contributed by atoms with Crippen molar-refractivity contribution >= 4 is 6.03 Å². The highest BCUT2D eigenvalue weighted by Gasteiger charge is 2.26. The quantitative estimate of drug-likeness (QED) is 0.692. The number of carbonyl (C=O) groups is 1. The van der Waals surface area contributed by atoms with Crippen molar-refractivity contribution in [2.24, 2.45) is 0 Å². The molecule has 0 bridgehead atoms. The highest BCUT2D eigenvalue weighted by molar-refractivity contribution is 5.74. The molecule has 0 radical (unpaired) electrons. The molecule has 1 fully saturated rings. The van der Waals surface area contributed by atoms with Crippen molar-refractivity contribution in [1.82, 2.24) is 10.2 Å². The largest absolute Gasteiger partial charge is 0.390 e. The third-order valence-corrected chi connectivity index (χ3v) is 2.76. The number of rotatable bonds is 1. The lowest BCUT2D eigenvalue weighted by molar-refractivity contribution is 0.0456. The number of likely N-dealkylation sites (tertiary alicyclic amines) is 1. The van der Waals surface area contributed by atoms with E-state index in [1.165, 1.54) is 0 Å². The van der Waals surface area contributed by atoms with E-state index < -0.39 is 5.60 Å². The van der Waals surface area contributed by atoms with Crippen molar-refractivity contribution in [2.75, 3.05) is 13.1 Å². The lowest BCUT2D eigenvalue weighted by Gasteiger charge is -2.23. The molecule has 1 aliphatic rings. The number of amides is 2. The Balaban J connectivity index is 2.47. The molecule has 0 aliphatic carbocycles. The number of hydrogen-bond acceptors (Lipinski definition) is 2. The minimum Gasteiger partial charge on any atom is -0.390 e. The fraction of sp³-hybridized carbons (Fsp3) is 0.909. The normalized spacial score (nSPS) is 27.7. The van der Waals surface area contributed by atoms with Gasteiger partial charge < -0.3 is 15.3 Å². The van der Waals surface area contributed by atoms with Crippen LogP contribution >= 0.6 is 0 Å². The molecule has 4 heteroatoms. The fourth-order valence-corrected chi connectivity index (χ4v) is 1.80. The summed E-state index contributed by atoms with van der Waals surface area (Å²) in [5.74, 6) is 0. The lowest BCUT2D eigenvalue weighted by atomic mass is 9.98. The first-order valence-corrected chi connectivity index (χ1v) is 5.68. The Morgan fingerprint density at radius 3 is 2.67 bits per heavy atom. The van der Waals surface area contributed by atoms with Gasteiger partial charge in [-0.15, -0.1) is 0 Å². The average Bonchev–Trinajstić information content (AvgIpc) is 2.25. The summed E-state index contributed by atoms with van der Waals surface area (Å²) in [6, 6.07) is 0.156. The van der Waals surface area contributed by atoms with Crippen LogP contribution in [0.2, 0.25) is 0 Å². The van der Waals surface area contributed by atoms with Crippen LogP contribution in [0.25, 0.3) is 0 Å². The average molecular weight is 214 g/mol. The smallest absolute Gasteiger partial charge is 0.317 e. The van der Waals surface area contributed by atoms with Gasteiger partial charge in [-0.3, -0.25) is 0 Å². The van der Waals surface area contributed by atoms with Crippen molar-refractivity contribution in [2.45, 2.75) is 51.7 Å². The van der Waals surface area contributed by atoms with E-state index in [1.807, 2.05) is 20.8 Å². The van der Waals surface area contributed by atoms with Crippen LogP contribution in [0.5, 0.6) is 0 Å². The fourth-order valence-electron chi connectivity index (χ4n) is 1.80. The summed E-state index contributed by atoms with van der Waals surface area (Å²) in [7, 11) is 0. The molecule has 1 rings (SSSR count). The molecule has 1 saturated heterocycles. The third kappa shape index (κ3) is 4.08. The minimum atomic E-state index is -0.604. The minimum absolute atomic E-state index is 0.0114. The third-order valence-electron chi connectivity index (χ3n) is 2.76. The van der Waals surface area contributed by atoms with Gasteiger partial charge in [-0.1, -0.05) is 0 Å². The first-order valence-electron chi connectivity index (χ1n) is 5.68. The molecule has 2 amide bonds. The van der Waals surface area contributed by atoms with E-state index in [-0.39, 0.29) is 12.1 Å². The second-order valence-electron chi connectivity index (χ2n) is 4.94. The summed E-state index contributed by atoms with van der Waals surface area (Å²) < 4.78 is 0. The summed E-state index contributed by atoms with van der Waals surface area (Å²) in [4.78, 5) is 13.5. The van der Waals surface area contributed by atoms with Gasteiger partial charge in [-0.05, 0) is 40.0 Å². The molecule has 1 heterocycles. The number of aliphatic hydroxyl groups is 1. The first-order chi connectivity index (χ1) is 6.91. The van der Waals surface area contributed by atoms with Crippen molar-refractivity contribution in [1.29, 1.82) is 0 Å². The van der Waals surface area contributed by atoms with Gasteiger partial charge in [-0.2, -0.15) is 0 Å². The number of nitrogens with one attached hydrogen (secondary N) is 1. The van der Waals surface area contributed by atoms with E-state index >= 15 is 0 Å². The van der Waals surface area contributed by atoms with Crippen molar-refractivity contribution in [3.8, 4) is 0 Å². The predicted molar refractivity (Wildman–Crippen MR) is 59.7 cm³/mol. The predicted octanol–water partition coefficient (Wildman–Crippen LogP) is 1.34. The first kappa shape index (κ1) is 12.3. The molecule has 0 aromatic rings. The standard InChI is InChI=1S/C11H22N2O2/c1-9(2)12-10(14)13-7-4-5-11(3,15)6-8-13/h9,15H,4-8H2,1-3H3,(H,12,14). The Labute approximate surface area is 91.6 Å². The van der Waals surface area contributed by atoms with Gasteiger partial charge in [0, 0.05) is 19.1 Å². The second-order valence-corrected chi connectivity index (χ2v) is 4.94. The van der Waals surface area contributed by atoms with Crippen LogP contribution in [-0.2, 0) is 0 Å². The monoisotopic (exact) mass is 214 g/mol. The van der Waals surface area contributed by atoms with Crippen molar-refractivity contribution < 1.29 is 9.90 Å². The Morgan fingerprint density at radius 1 is 1.40 bits per heavy atom. The molecule has 2 N–H and O–H groups in total. The number of carbonyl (C=O) groups excluding carboxylic acids is 1. The van der Waals surface area contributed by atoms with Gasteiger partial charge in [0.2, 0.25) is 0 Å². The van der Waals surface area contributed by atoms with E-state index in [0.717, 1.165) is 19.4 Å². The molecule has 0 aromatic heterocycles. The van der Waals surface area contributed by atoms with Crippen LogP contribution in [0.1, 0.15) is 40.0 Å². The molecule has 0 saturated carbocycles. The summed E-state index contributed by atoms with van der Waals surface area (Å²) in [5.41, 5.74) is -0.604. The summed E-state index contributed by atoms with van der Waals surface area (Å²) in [5, 5.41) is 12.8. The van der Waals surface area contributed by atoms with Crippen molar-refractivity contribution in [3.05, 3.63) is 0 Å². The number of nitrogens with zero attached hydrogens (tertiary/aromatic N) is 1. The maximum absolute atomic E-state index is 11.7. The van der Waals surface area contributed by atoms with E-state index in [1.54, 1.807) is 4.90 Å². The molecule has 1 atom stereocenters. The second kappa shape index (κ2) is 4.84. The molecule has 1 aliphatic heterocycles. The molecular weight excluding hydrogens is 192 g/mol. The van der Waals surface area contributed by atoms with Crippen LogP contribution in [-0.4, -0.2) is 40.8 Å². The van der Waals surface area contributed by atoms with Gasteiger partial charge in [0.25, 0.3) is 0 Å². The van der Waals surface area contributed by atoms with Crippen molar-refractivity contribution in [3.63, 3.8) is 0 Å². The zero-order valence-electron chi connectivity index (χ0n) is 9.92. The number of urea groups is 1. The molecule has 1 unspecified atom stereocenters.